The molecule has 2 heterocycles. The molecule has 0 saturated carbocycles. The standard InChI is InChI=1S/C24H29FN2O3S/c25-22-13-12-20(18-23(22)31(29,30)26-14-6-2-7-15-26)24(28)27-16-8-5-11-21(27)17-19-9-3-1-4-10-19/h1,3-4,9-10,12-13,18,21H,2,5-8,11,14-17H2. The zero-order valence-corrected chi connectivity index (χ0v) is 18.5. The van der Waals surface area contributed by atoms with Crippen LogP contribution in [0, 0.1) is 5.82 Å². The van der Waals surface area contributed by atoms with Crippen molar-refractivity contribution in [3.8, 4) is 0 Å². The molecule has 1 atom stereocenters. The number of amides is 1. The van der Waals surface area contributed by atoms with Gasteiger partial charge in [0.15, 0.2) is 0 Å². The molecule has 0 aliphatic carbocycles. The van der Waals surface area contributed by atoms with E-state index in [1.54, 1.807) is 0 Å². The highest BCUT2D eigenvalue weighted by Crippen LogP contribution is 2.27. The summed E-state index contributed by atoms with van der Waals surface area (Å²) in [6.07, 6.45) is 6.15. The third-order valence-electron chi connectivity index (χ3n) is 6.31. The molecule has 4 rings (SSSR count). The van der Waals surface area contributed by atoms with Crippen LogP contribution in [-0.2, 0) is 16.4 Å². The Bertz CT molecular complexity index is 1020. The molecular formula is C24H29FN2O3S. The molecule has 7 heteroatoms. The summed E-state index contributed by atoms with van der Waals surface area (Å²) in [5, 5.41) is 0. The first kappa shape index (κ1) is 22.0. The number of carbonyl (C=O) groups is 1. The number of piperidine rings is 2. The Morgan fingerprint density at radius 3 is 2.39 bits per heavy atom. The number of benzene rings is 2. The molecule has 2 aliphatic heterocycles. The molecule has 1 amide bonds. The lowest BCUT2D eigenvalue weighted by Crippen LogP contribution is -2.45. The van der Waals surface area contributed by atoms with E-state index in [1.165, 1.54) is 22.0 Å². The van der Waals surface area contributed by atoms with Crippen LogP contribution in [0.4, 0.5) is 4.39 Å². The average Bonchev–Trinajstić information content (AvgIpc) is 2.80. The maximum absolute atomic E-state index is 14.6. The van der Waals surface area contributed by atoms with Crippen molar-refractivity contribution in [3.05, 3.63) is 65.5 Å². The molecule has 2 aromatic rings. The van der Waals surface area contributed by atoms with Crippen molar-refractivity contribution in [1.29, 1.82) is 0 Å². The number of hydrogen-bond donors (Lipinski definition) is 0. The van der Waals surface area contributed by atoms with Gasteiger partial charge in [-0.2, -0.15) is 4.31 Å². The van der Waals surface area contributed by atoms with Crippen LogP contribution in [0.15, 0.2) is 53.4 Å². The number of rotatable bonds is 5. The molecule has 2 aromatic carbocycles. The summed E-state index contributed by atoms with van der Waals surface area (Å²) in [5.41, 5.74) is 1.40. The summed E-state index contributed by atoms with van der Waals surface area (Å²) >= 11 is 0. The molecule has 2 saturated heterocycles. The number of sulfonamides is 1. The first-order valence-corrected chi connectivity index (χ1v) is 12.6. The normalized spacial score (nSPS) is 20.5. The molecule has 0 spiro atoms. The summed E-state index contributed by atoms with van der Waals surface area (Å²) in [7, 11) is -3.95. The highest BCUT2D eigenvalue weighted by molar-refractivity contribution is 7.89. The van der Waals surface area contributed by atoms with Crippen LogP contribution in [0.2, 0.25) is 0 Å². The minimum atomic E-state index is -3.95. The summed E-state index contributed by atoms with van der Waals surface area (Å²) in [6.45, 7) is 1.42. The lowest BCUT2D eigenvalue weighted by Gasteiger charge is -2.36. The molecule has 31 heavy (non-hydrogen) atoms. The van der Waals surface area contributed by atoms with Gasteiger partial charge in [-0.05, 0) is 62.3 Å². The van der Waals surface area contributed by atoms with Gasteiger partial charge in [-0.15, -0.1) is 0 Å². The zero-order chi connectivity index (χ0) is 21.8. The third kappa shape index (κ3) is 4.83. The lowest BCUT2D eigenvalue weighted by molar-refractivity contribution is 0.0613. The van der Waals surface area contributed by atoms with Crippen LogP contribution in [0.5, 0.6) is 0 Å². The Labute approximate surface area is 183 Å². The van der Waals surface area contributed by atoms with Crippen LogP contribution in [0.3, 0.4) is 0 Å². The van der Waals surface area contributed by atoms with Gasteiger partial charge in [-0.3, -0.25) is 4.79 Å². The SMILES string of the molecule is O=C(c1ccc(F)c(S(=O)(=O)N2CCCCC2)c1)N1CCCCC1Cc1ccccc1. The molecule has 0 N–H and O–H groups in total. The van der Waals surface area contributed by atoms with Crippen molar-refractivity contribution in [1.82, 2.24) is 9.21 Å². The van der Waals surface area contributed by atoms with Crippen molar-refractivity contribution in [3.63, 3.8) is 0 Å². The third-order valence-corrected chi connectivity index (χ3v) is 8.23. The van der Waals surface area contributed by atoms with Crippen LogP contribution in [-0.4, -0.2) is 49.2 Å². The fourth-order valence-corrected chi connectivity index (χ4v) is 6.22. The second-order valence-corrected chi connectivity index (χ2v) is 10.4. The van der Waals surface area contributed by atoms with E-state index < -0.39 is 20.7 Å². The van der Waals surface area contributed by atoms with Crippen molar-refractivity contribution in [2.24, 2.45) is 0 Å². The maximum atomic E-state index is 14.6. The van der Waals surface area contributed by atoms with Gasteiger partial charge in [0.2, 0.25) is 10.0 Å². The Morgan fingerprint density at radius 2 is 1.65 bits per heavy atom. The molecule has 0 aromatic heterocycles. The Hall–Kier alpha value is -2.25. The van der Waals surface area contributed by atoms with Gasteiger partial charge in [0.05, 0.1) is 0 Å². The Balaban J connectivity index is 1.59. The van der Waals surface area contributed by atoms with Gasteiger partial charge >= 0.3 is 0 Å². The molecule has 5 nitrogen and oxygen atoms in total. The lowest BCUT2D eigenvalue weighted by atomic mass is 9.95. The van der Waals surface area contributed by atoms with Gasteiger partial charge < -0.3 is 4.90 Å². The maximum Gasteiger partial charge on any atom is 0.254 e. The van der Waals surface area contributed by atoms with Crippen LogP contribution < -0.4 is 0 Å². The highest BCUT2D eigenvalue weighted by atomic mass is 32.2. The summed E-state index contributed by atoms with van der Waals surface area (Å²) < 4.78 is 41.9. The van der Waals surface area contributed by atoms with E-state index in [2.05, 4.69) is 12.1 Å². The summed E-state index contributed by atoms with van der Waals surface area (Å²) in [5.74, 6) is -1.03. The Kier molecular flexibility index (Phi) is 6.72. The average molecular weight is 445 g/mol. The second-order valence-electron chi connectivity index (χ2n) is 8.45. The van der Waals surface area contributed by atoms with E-state index in [4.69, 9.17) is 0 Å². The summed E-state index contributed by atoms with van der Waals surface area (Å²) in [4.78, 5) is 14.8. The van der Waals surface area contributed by atoms with Crippen molar-refractivity contribution in [2.45, 2.75) is 55.9 Å². The number of halogens is 1. The quantitative estimate of drug-likeness (QED) is 0.693. The van der Waals surface area contributed by atoms with E-state index in [0.29, 0.717) is 19.6 Å². The van der Waals surface area contributed by atoms with Crippen LogP contribution in [0.1, 0.15) is 54.4 Å². The summed E-state index contributed by atoms with van der Waals surface area (Å²) in [6, 6.07) is 13.9. The number of carbonyl (C=O) groups excluding carboxylic acids is 1. The first-order chi connectivity index (χ1) is 15.0. The predicted molar refractivity (Wildman–Crippen MR) is 118 cm³/mol. The number of nitrogens with zero attached hydrogens (tertiary/aromatic N) is 2. The molecule has 1 unspecified atom stereocenters. The highest BCUT2D eigenvalue weighted by Gasteiger charge is 2.32. The molecule has 0 radical (unpaired) electrons. The van der Waals surface area contributed by atoms with Gasteiger partial charge in [-0.25, -0.2) is 12.8 Å². The number of likely N-dealkylation sites (tertiary alicyclic amines) is 1. The van der Waals surface area contributed by atoms with Crippen molar-refractivity contribution in [2.75, 3.05) is 19.6 Å². The topological polar surface area (TPSA) is 57.7 Å². The van der Waals surface area contributed by atoms with E-state index >= 15 is 0 Å². The molecule has 2 fully saturated rings. The molecule has 166 valence electrons. The monoisotopic (exact) mass is 444 g/mol. The van der Waals surface area contributed by atoms with E-state index in [-0.39, 0.29) is 17.5 Å². The molecule has 0 bridgehead atoms. The minimum absolute atomic E-state index is 0.0517. The van der Waals surface area contributed by atoms with Crippen LogP contribution >= 0.6 is 0 Å². The predicted octanol–water partition coefficient (Wildman–Crippen LogP) is 4.24. The minimum Gasteiger partial charge on any atom is -0.335 e. The Morgan fingerprint density at radius 1 is 0.935 bits per heavy atom. The van der Waals surface area contributed by atoms with E-state index in [0.717, 1.165) is 51.0 Å². The van der Waals surface area contributed by atoms with Crippen LogP contribution in [0.25, 0.3) is 0 Å². The second kappa shape index (κ2) is 9.49. The first-order valence-electron chi connectivity index (χ1n) is 11.1. The largest absolute Gasteiger partial charge is 0.335 e. The van der Waals surface area contributed by atoms with Crippen molar-refractivity contribution < 1.29 is 17.6 Å². The fourth-order valence-electron chi connectivity index (χ4n) is 4.61. The van der Waals surface area contributed by atoms with Gasteiger partial charge in [-0.1, -0.05) is 36.8 Å². The molecule has 2 aliphatic rings. The smallest absolute Gasteiger partial charge is 0.254 e. The van der Waals surface area contributed by atoms with Crippen molar-refractivity contribution >= 4 is 15.9 Å². The molecular weight excluding hydrogens is 415 g/mol. The van der Waals surface area contributed by atoms with E-state index in [1.807, 2.05) is 23.1 Å². The fraction of sp³-hybridized carbons (Fsp3) is 0.458. The van der Waals surface area contributed by atoms with Gasteiger partial charge in [0.1, 0.15) is 10.7 Å². The zero-order valence-electron chi connectivity index (χ0n) is 17.7. The van der Waals surface area contributed by atoms with E-state index in [9.17, 15) is 17.6 Å². The van der Waals surface area contributed by atoms with Gasteiger partial charge in [0, 0.05) is 31.2 Å². The van der Waals surface area contributed by atoms with Gasteiger partial charge in [0.25, 0.3) is 5.91 Å². The number of hydrogen-bond acceptors (Lipinski definition) is 3.